The van der Waals surface area contributed by atoms with Crippen LogP contribution in [0.4, 0.5) is 0 Å². The van der Waals surface area contributed by atoms with Crippen LogP contribution in [0.25, 0.3) is 39.9 Å². The number of unbranched alkanes of at least 4 members (excludes halogenated alkanes) is 1. The summed E-state index contributed by atoms with van der Waals surface area (Å²) >= 11 is 6.12. The molecule has 0 saturated carbocycles. The second-order valence-corrected chi connectivity index (χ2v) is 8.78. The smallest absolute Gasteiger partial charge is 0.269 e. The molecule has 0 spiro atoms. The first kappa shape index (κ1) is 23.6. The molecule has 3 aromatic carbocycles. The standard InChI is InChI=1S/C29H25ClN4O2/c1-2-3-18-36-19-17-21-9-11-22(12-10-21)28-31-27-26(20-33(32-27)24-7-5-4-6-8-24)29(35)34(28)25-15-13-23(30)14-16-25/h4-17,19-20H,2-3,18H2,1H3. The van der Waals surface area contributed by atoms with E-state index in [0.29, 0.717) is 34.2 Å². The molecule has 0 N–H and O–H groups in total. The number of ether oxygens (including phenoxy) is 1. The van der Waals surface area contributed by atoms with Crippen LogP contribution in [0.15, 0.2) is 96.1 Å². The van der Waals surface area contributed by atoms with Gasteiger partial charge in [0.1, 0.15) is 11.2 Å². The van der Waals surface area contributed by atoms with Crippen LogP contribution in [-0.4, -0.2) is 25.9 Å². The van der Waals surface area contributed by atoms with Crippen molar-refractivity contribution in [3.63, 3.8) is 0 Å². The number of benzene rings is 3. The fourth-order valence-corrected chi connectivity index (χ4v) is 3.99. The molecule has 180 valence electrons. The van der Waals surface area contributed by atoms with E-state index >= 15 is 0 Å². The maximum absolute atomic E-state index is 13.8. The highest BCUT2D eigenvalue weighted by Gasteiger charge is 2.17. The average Bonchev–Trinajstić information content (AvgIpc) is 3.35. The quantitative estimate of drug-likeness (QED) is 0.177. The zero-order valence-electron chi connectivity index (χ0n) is 19.8. The Morgan fingerprint density at radius 1 is 0.944 bits per heavy atom. The van der Waals surface area contributed by atoms with E-state index in [4.69, 9.17) is 21.3 Å². The van der Waals surface area contributed by atoms with Gasteiger partial charge in [-0.25, -0.2) is 9.67 Å². The van der Waals surface area contributed by atoms with Gasteiger partial charge in [-0.15, -0.1) is 5.10 Å². The molecule has 0 radical (unpaired) electrons. The number of para-hydroxylation sites is 1. The molecule has 0 aliphatic rings. The Morgan fingerprint density at radius 2 is 1.69 bits per heavy atom. The van der Waals surface area contributed by atoms with E-state index in [1.165, 1.54) is 0 Å². The molecular weight excluding hydrogens is 472 g/mol. The van der Waals surface area contributed by atoms with Gasteiger partial charge >= 0.3 is 0 Å². The summed E-state index contributed by atoms with van der Waals surface area (Å²) < 4.78 is 8.81. The van der Waals surface area contributed by atoms with E-state index in [1.54, 1.807) is 33.8 Å². The van der Waals surface area contributed by atoms with Crippen LogP contribution in [0.5, 0.6) is 0 Å². The monoisotopic (exact) mass is 496 g/mol. The lowest BCUT2D eigenvalue weighted by Crippen LogP contribution is -2.21. The molecule has 0 fully saturated rings. The molecule has 0 aliphatic heterocycles. The number of hydrogen-bond donors (Lipinski definition) is 0. The Morgan fingerprint density at radius 3 is 2.42 bits per heavy atom. The van der Waals surface area contributed by atoms with Crippen LogP contribution in [0.2, 0.25) is 5.02 Å². The second-order valence-electron chi connectivity index (χ2n) is 8.35. The number of fused-ring (bicyclic) bond motifs is 1. The Kier molecular flexibility index (Phi) is 6.96. The first-order valence-corrected chi connectivity index (χ1v) is 12.2. The normalized spacial score (nSPS) is 11.4. The van der Waals surface area contributed by atoms with Crippen LogP contribution < -0.4 is 5.56 Å². The molecule has 2 aromatic heterocycles. The summed E-state index contributed by atoms with van der Waals surface area (Å²) in [6.45, 7) is 2.84. The van der Waals surface area contributed by atoms with Gasteiger partial charge in [0.2, 0.25) is 0 Å². The third-order valence-electron chi connectivity index (χ3n) is 5.80. The Bertz CT molecular complexity index is 1550. The molecule has 0 amide bonds. The minimum atomic E-state index is -0.201. The lowest BCUT2D eigenvalue weighted by molar-refractivity contribution is 0.246. The first-order chi connectivity index (χ1) is 17.6. The van der Waals surface area contributed by atoms with Gasteiger partial charge < -0.3 is 4.74 Å². The van der Waals surface area contributed by atoms with Crippen molar-refractivity contribution in [3.05, 3.63) is 112 Å². The molecular formula is C29H25ClN4O2. The molecule has 5 aromatic rings. The number of rotatable bonds is 8. The predicted octanol–water partition coefficient (Wildman–Crippen LogP) is 6.68. The topological polar surface area (TPSA) is 61.9 Å². The molecule has 36 heavy (non-hydrogen) atoms. The van der Waals surface area contributed by atoms with Crippen LogP contribution in [0.1, 0.15) is 25.3 Å². The number of hydrogen-bond acceptors (Lipinski definition) is 4. The number of nitrogens with zero attached hydrogens (tertiary/aromatic N) is 4. The highest BCUT2D eigenvalue weighted by molar-refractivity contribution is 6.30. The number of halogens is 1. The zero-order valence-corrected chi connectivity index (χ0v) is 20.6. The molecule has 5 rings (SSSR count). The largest absolute Gasteiger partial charge is 0.501 e. The Labute approximate surface area is 214 Å². The van der Waals surface area contributed by atoms with E-state index in [2.05, 4.69) is 12.0 Å². The third-order valence-corrected chi connectivity index (χ3v) is 6.05. The second kappa shape index (κ2) is 10.6. The van der Waals surface area contributed by atoms with Crippen LogP contribution in [0.3, 0.4) is 0 Å². The number of aromatic nitrogens is 4. The van der Waals surface area contributed by atoms with Crippen molar-refractivity contribution in [2.75, 3.05) is 6.61 Å². The summed E-state index contributed by atoms with van der Waals surface area (Å²) in [6, 6.07) is 24.6. The zero-order chi connectivity index (χ0) is 24.9. The summed E-state index contributed by atoms with van der Waals surface area (Å²) in [5, 5.41) is 5.63. The van der Waals surface area contributed by atoms with E-state index in [9.17, 15) is 4.79 Å². The Balaban J connectivity index is 1.60. The van der Waals surface area contributed by atoms with Gasteiger partial charge in [-0.05, 0) is 54.5 Å². The maximum Gasteiger partial charge on any atom is 0.269 e. The molecule has 0 saturated heterocycles. The van der Waals surface area contributed by atoms with Gasteiger partial charge in [-0.1, -0.05) is 67.4 Å². The summed E-state index contributed by atoms with van der Waals surface area (Å²) in [6.07, 6.45) is 7.49. The van der Waals surface area contributed by atoms with Gasteiger partial charge in [0.05, 0.1) is 24.2 Å². The SMILES string of the molecule is CCCCOC=Cc1ccc(-c2nc3nn(-c4ccccc4)cc3c(=O)n2-c2ccc(Cl)cc2)cc1. The van der Waals surface area contributed by atoms with Gasteiger partial charge in [-0.2, -0.15) is 0 Å². The molecule has 0 unspecified atom stereocenters. The van der Waals surface area contributed by atoms with Crippen molar-refractivity contribution in [1.82, 2.24) is 19.3 Å². The fourth-order valence-electron chi connectivity index (χ4n) is 3.87. The Hall–Kier alpha value is -4.16. The van der Waals surface area contributed by atoms with Gasteiger partial charge in [-0.3, -0.25) is 9.36 Å². The summed E-state index contributed by atoms with van der Waals surface area (Å²) in [5.74, 6) is 0.503. The van der Waals surface area contributed by atoms with Crippen LogP contribution in [0, 0.1) is 0 Å². The summed E-state index contributed by atoms with van der Waals surface area (Å²) in [7, 11) is 0. The molecule has 6 nitrogen and oxygen atoms in total. The predicted molar refractivity (Wildman–Crippen MR) is 145 cm³/mol. The van der Waals surface area contributed by atoms with Gasteiger partial charge in [0.15, 0.2) is 5.65 Å². The maximum atomic E-state index is 13.8. The lowest BCUT2D eigenvalue weighted by Gasteiger charge is -2.12. The van der Waals surface area contributed by atoms with Gasteiger partial charge in [0, 0.05) is 16.8 Å². The van der Waals surface area contributed by atoms with Crippen molar-refractivity contribution in [3.8, 4) is 22.8 Å². The van der Waals surface area contributed by atoms with Crippen molar-refractivity contribution in [1.29, 1.82) is 0 Å². The minimum Gasteiger partial charge on any atom is -0.501 e. The summed E-state index contributed by atoms with van der Waals surface area (Å²) in [5.41, 5.74) is 3.50. The van der Waals surface area contributed by atoms with E-state index in [0.717, 1.165) is 29.7 Å². The molecule has 0 atom stereocenters. The van der Waals surface area contributed by atoms with Gasteiger partial charge in [0.25, 0.3) is 5.56 Å². The summed E-state index contributed by atoms with van der Waals surface area (Å²) in [4.78, 5) is 18.6. The van der Waals surface area contributed by atoms with E-state index < -0.39 is 0 Å². The molecule has 7 heteroatoms. The van der Waals surface area contributed by atoms with Crippen molar-refractivity contribution < 1.29 is 4.74 Å². The van der Waals surface area contributed by atoms with E-state index in [-0.39, 0.29) is 5.56 Å². The minimum absolute atomic E-state index is 0.201. The third kappa shape index (κ3) is 4.95. The van der Waals surface area contributed by atoms with Crippen molar-refractivity contribution >= 4 is 28.7 Å². The molecule has 0 aliphatic carbocycles. The average molecular weight is 497 g/mol. The van der Waals surface area contributed by atoms with Crippen LogP contribution in [-0.2, 0) is 4.74 Å². The van der Waals surface area contributed by atoms with Crippen molar-refractivity contribution in [2.45, 2.75) is 19.8 Å². The highest BCUT2D eigenvalue weighted by Crippen LogP contribution is 2.24. The highest BCUT2D eigenvalue weighted by atomic mass is 35.5. The van der Waals surface area contributed by atoms with Crippen molar-refractivity contribution in [2.24, 2.45) is 0 Å². The molecule has 0 bridgehead atoms. The fraction of sp³-hybridized carbons (Fsp3) is 0.138. The first-order valence-electron chi connectivity index (χ1n) is 11.9. The lowest BCUT2D eigenvalue weighted by atomic mass is 10.1. The molecule has 2 heterocycles. The van der Waals surface area contributed by atoms with Crippen LogP contribution >= 0.6 is 11.6 Å². The van der Waals surface area contributed by atoms with E-state index in [1.807, 2.05) is 72.8 Å².